The Morgan fingerprint density at radius 3 is 2.45 bits per heavy atom. The molecule has 1 fully saturated rings. The Labute approximate surface area is 118 Å². The predicted octanol–water partition coefficient (Wildman–Crippen LogP) is -0.0519. The van der Waals surface area contributed by atoms with Crippen LogP contribution < -0.4 is 5.32 Å². The molecule has 0 aromatic rings. The standard InChI is InChI=1S/C12H21NO6S/c1-8(14)13-10(11(15)16)7-20(17,18)6-9-4-5-12(2,3)19-9/h9-10H,4-7H2,1-3H3,(H,13,14)(H,15,16). The number of hydrogen-bond acceptors (Lipinski definition) is 5. The van der Waals surface area contributed by atoms with Crippen molar-refractivity contribution in [2.24, 2.45) is 0 Å². The third-order valence-corrected chi connectivity index (χ3v) is 4.81. The highest BCUT2D eigenvalue weighted by molar-refractivity contribution is 7.91. The molecule has 2 unspecified atom stereocenters. The number of nitrogens with one attached hydrogen (secondary N) is 1. The number of carboxylic acids is 1. The van der Waals surface area contributed by atoms with E-state index in [-0.39, 0.29) is 11.4 Å². The number of hydrogen-bond donors (Lipinski definition) is 2. The van der Waals surface area contributed by atoms with Crippen LogP contribution in [0.2, 0.25) is 0 Å². The molecule has 1 saturated heterocycles. The van der Waals surface area contributed by atoms with E-state index >= 15 is 0 Å². The molecular formula is C12H21NO6S. The van der Waals surface area contributed by atoms with Gasteiger partial charge in [0.1, 0.15) is 6.04 Å². The Morgan fingerprint density at radius 2 is 2.05 bits per heavy atom. The Kier molecular flexibility index (Phi) is 5.15. The van der Waals surface area contributed by atoms with E-state index in [0.717, 1.165) is 13.3 Å². The monoisotopic (exact) mass is 307 g/mol. The Bertz CT molecular complexity index is 484. The van der Waals surface area contributed by atoms with Crippen molar-refractivity contribution in [3.63, 3.8) is 0 Å². The van der Waals surface area contributed by atoms with Crippen molar-refractivity contribution >= 4 is 21.7 Å². The van der Waals surface area contributed by atoms with E-state index in [4.69, 9.17) is 9.84 Å². The summed E-state index contributed by atoms with van der Waals surface area (Å²) in [7, 11) is -3.63. The lowest BCUT2D eigenvalue weighted by Crippen LogP contribution is -2.45. The zero-order chi connectivity index (χ0) is 15.6. The topological polar surface area (TPSA) is 110 Å². The molecule has 1 aliphatic heterocycles. The highest BCUT2D eigenvalue weighted by atomic mass is 32.2. The quantitative estimate of drug-likeness (QED) is 0.712. The number of amides is 1. The van der Waals surface area contributed by atoms with Gasteiger partial charge in [0.15, 0.2) is 9.84 Å². The van der Waals surface area contributed by atoms with Crippen molar-refractivity contribution in [3.8, 4) is 0 Å². The zero-order valence-corrected chi connectivity index (χ0v) is 12.7. The average Bonchev–Trinajstić information content (AvgIpc) is 2.54. The number of rotatable bonds is 6. The van der Waals surface area contributed by atoms with Crippen LogP contribution >= 0.6 is 0 Å². The van der Waals surface area contributed by atoms with E-state index in [1.165, 1.54) is 0 Å². The number of carboxylic acid groups (broad SMARTS) is 1. The first-order valence-corrected chi connectivity index (χ1v) is 8.21. The maximum absolute atomic E-state index is 12.0. The molecule has 0 aromatic heterocycles. The van der Waals surface area contributed by atoms with Crippen LogP contribution in [0, 0.1) is 0 Å². The predicted molar refractivity (Wildman–Crippen MR) is 72.1 cm³/mol. The van der Waals surface area contributed by atoms with Crippen molar-refractivity contribution in [2.75, 3.05) is 11.5 Å². The van der Waals surface area contributed by atoms with E-state index in [0.29, 0.717) is 6.42 Å². The van der Waals surface area contributed by atoms with Crippen LogP contribution in [0.25, 0.3) is 0 Å². The minimum atomic E-state index is -3.63. The lowest BCUT2D eigenvalue weighted by Gasteiger charge is -2.20. The summed E-state index contributed by atoms with van der Waals surface area (Å²) in [6, 6.07) is -1.42. The van der Waals surface area contributed by atoms with E-state index in [1.807, 2.05) is 13.8 Å². The Hall–Kier alpha value is -1.15. The maximum Gasteiger partial charge on any atom is 0.327 e. The van der Waals surface area contributed by atoms with Gasteiger partial charge in [0.25, 0.3) is 0 Å². The van der Waals surface area contributed by atoms with E-state index in [9.17, 15) is 18.0 Å². The fourth-order valence-electron chi connectivity index (χ4n) is 2.22. The molecule has 1 heterocycles. The van der Waals surface area contributed by atoms with Gasteiger partial charge in [-0.05, 0) is 26.7 Å². The lowest BCUT2D eigenvalue weighted by atomic mass is 10.1. The van der Waals surface area contributed by atoms with Gasteiger partial charge in [-0.3, -0.25) is 4.79 Å². The molecule has 0 saturated carbocycles. The first-order chi connectivity index (χ1) is 9.01. The minimum Gasteiger partial charge on any atom is -0.480 e. The largest absolute Gasteiger partial charge is 0.480 e. The van der Waals surface area contributed by atoms with E-state index in [2.05, 4.69) is 5.32 Å². The molecule has 20 heavy (non-hydrogen) atoms. The molecule has 0 spiro atoms. The summed E-state index contributed by atoms with van der Waals surface area (Å²) in [5.41, 5.74) is -0.343. The fraction of sp³-hybridized carbons (Fsp3) is 0.833. The summed E-state index contributed by atoms with van der Waals surface area (Å²) in [4.78, 5) is 21.8. The number of carbonyl (C=O) groups is 2. The van der Waals surface area contributed by atoms with Gasteiger partial charge in [-0.2, -0.15) is 0 Å². The molecule has 2 atom stereocenters. The summed E-state index contributed by atoms with van der Waals surface area (Å²) in [6.07, 6.45) is 0.979. The molecule has 1 rings (SSSR count). The van der Waals surface area contributed by atoms with Crippen LogP contribution in [0.1, 0.15) is 33.6 Å². The third kappa shape index (κ3) is 5.46. The summed E-state index contributed by atoms with van der Waals surface area (Å²) >= 11 is 0. The van der Waals surface area contributed by atoms with E-state index < -0.39 is 39.6 Å². The van der Waals surface area contributed by atoms with Gasteiger partial charge in [0.2, 0.25) is 5.91 Å². The molecule has 8 heteroatoms. The van der Waals surface area contributed by atoms with E-state index in [1.54, 1.807) is 0 Å². The molecule has 0 aromatic carbocycles. The highest BCUT2D eigenvalue weighted by Gasteiger charge is 2.35. The van der Waals surface area contributed by atoms with Crippen molar-refractivity contribution in [1.29, 1.82) is 0 Å². The van der Waals surface area contributed by atoms with Crippen LogP contribution in [0.5, 0.6) is 0 Å². The fourth-order valence-corrected chi connectivity index (χ4v) is 3.89. The van der Waals surface area contributed by atoms with Gasteiger partial charge in [-0.25, -0.2) is 13.2 Å². The molecule has 116 valence electrons. The maximum atomic E-state index is 12.0. The summed E-state index contributed by atoms with van der Waals surface area (Å²) in [6.45, 7) is 4.92. The molecule has 0 radical (unpaired) electrons. The Morgan fingerprint density at radius 1 is 1.45 bits per heavy atom. The van der Waals surface area contributed by atoms with Crippen molar-refractivity contribution in [2.45, 2.75) is 51.4 Å². The van der Waals surface area contributed by atoms with Gasteiger partial charge < -0.3 is 15.2 Å². The van der Waals surface area contributed by atoms with Crippen molar-refractivity contribution in [3.05, 3.63) is 0 Å². The molecule has 1 amide bonds. The molecule has 0 aliphatic carbocycles. The summed E-state index contributed by atoms with van der Waals surface area (Å²) in [5.74, 6) is -2.79. The van der Waals surface area contributed by atoms with Gasteiger partial charge in [-0.15, -0.1) is 0 Å². The van der Waals surface area contributed by atoms with Crippen LogP contribution in [-0.4, -0.2) is 54.7 Å². The van der Waals surface area contributed by atoms with Gasteiger partial charge >= 0.3 is 5.97 Å². The zero-order valence-electron chi connectivity index (χ0n) is 11.9. The van der Waals surface area contributed by atoms with Crippen LogP contribution in [0.4, 0.5) is 0 Å². The van der Waals surface area contributed by atoms with Gasteiger partial charge in [-0.1, -0.05) is 0 Å². The second-order valence-corrected chi connectivity index (χ2v) is 7.86. The molecule has 2 N–H and O–H groups in total. The summed E-state index contributed by atoms with van der Waals surface area (Å²) < 4.78 is 29.6. The third-order valence-electron chi connectivity index (χ3n) is 3.09. The molecule has 7 nitrogen and oxygen atoms in total. The summed E-state index contributed by atoms with van der Waals surface area (Å²) in [5, 5.41) is 11.0. The number of carbonyl (C=O) groups excluding carboxylic acids is 1. The molecular weight excluding hydrogens is 286 g/mol. The highest BCUT2D eigenvalue weighted by Crippen LogP contribution is 2.30. The first-order valence-electron chi connectivity index (χ1n) is 6.39. The average molecular weight is 307 g/mol. The smallest absolute Gasteiger partial charge is 0.327 e. The second kappa shape index (κ2) is 6.09. The second-order valence-electron chi connectivity index (χ2n) is 5.71. The van der Waals surface area contributed by atoms with Gasteiger partial charge in [0.05, 0.1) is 23.2 Å². The molecule has 0 bridgehead atoms. The Balaban J connectivity index is 2.64. The molecule has 1 aliphatic rings. The van der Waals surface area contributed by atoms with Gasteiger partial charge in [0, 0.05) is 6.92 Å². The van der Waals surface area contributed by atoms with Crippen molar-refractivity contribution in [1.82, 2.24) is 5.32 Å². The normalized spacial score (nSPS) is 23.2. The van der Waals surface area contributed by atoms with Crippen molar-refractivity contribution < 1.29 is 27.9 Å². The lowest BCUT2D eigenvalue weighted by molar-refractivity contribution is -0.140. The number of ether oxygens (including phenoxy) is 1. The van der Waals surface area contributed by atoms with Crippen LogP contribution in [0.3, 0.4) is 0 Å². The first kappa shape index (κ1) is 16.9. The SMILES string of the molecule is CC(=O)NC(CS(=O)(=O)CC1CCC(C)(C)O1)C(=O)O. The number of sulfone groups is 1. The minimum absolute atomic E-state index is 0.222. The van der Waals surface area contributed by atoms with Crippen LogP contribution in [0.15, 0.2) is 0 Å². The number of aliphatic carboxylic acids is 1. The van der Waals surface area contributed by atoms with Crippen LogP contribution in [-0.2, 0) is 24.2 Å².